The van der Waals surface area contributed by atoms with Gasteiger partial charge in [0.05, 0.1) is 6.10 Å². The van der Waals surface area contributed by atoms with E-state index in [1.807, 2.05) is 0 Å². The maximum atomic E-state index is 12.0. The maximum Gasteiger partial charge on any atom is 0.573 e. The molecule has 1 aromatic carbocycles. The van der Waals surface area contributed by atoms with Crippen LogP contribution in [-0.4, -0.2) is 24.1 Å². The van der Waals surface area contributed by atoms with Gasteiger partial charge in [-0.2, -0.15) is 0 Å². The Hall–Kier alpha value is -1.27. The number of aliphatic hydroxyl groups is 1. The molecule has 0 radical (unpaired) electrons. The Morgan fingerprint density at radius 1 is 1.21 bits per heavy atom. The molecule has 19 heavy (non-hydrogen) atoms. The number of rotatable bonds is 3. The van der Waals surface area contributed by atoms with E-state index < -0.39 is 12.5 Å². The van der Waals surface area contributed by atoms with Gasteiger partial charge in [0.25, 0.3) is 0 Å². The van der Waals surface area contributed by atoms with Crippen LogP contribution in [0, 0.1) is 0 Å². The Kier molecular flexibility index (Phi) is 4.31. The molecule has 1 aromatic rings. The van der Waals surface area contributed by atoms with Crippen LogP contribution in [-0.2, 0) is 0 Å². The third-order valence-electron chi connectivity index (χ3n) is 3.18. The average molecular weight is 275 g/mol. The van der Waals surface area contributed by atoms with Gasteiger partial charge in [-0.25, -0.2) is 0 Å². The summed E-state index contributed by atoms with van der Waals surface area (Å²) in [6.07, 6.45) is -2.40. The minimum absolute atomic E-state index is 0.0388. The van der Waals surface area contributed by atoms with Crippen LogP contribution in [0.5, 0.6) is 5.75 Å². The van der Waals surface area contributed by atoms with E-state index in [1.165, 1.54) is 24.3 Å². The highest BCUT2D eigenvalue weighted by molar-refractivity contribution is 5.29. The van der Waals surface area contributed by atoms with E-state index in [9.17, 15) is 18.3 Å². The first-order valence-electron chi connectivity index (χ1n) is 6.23. The first kappa shape index (κ1) is 14.1. The number of hydrogen-bond donors (Lipinski definition) is 2. The molecule has 0 aromatic heterocycles. The second kappa shape index (κ2) is 5.79. The van der Waals surface area contributed by atoms with Crippen LogP contribution in [0.2, 0.25) is 0 Å². The molecule has 2 unspecified atom stereocenters. The Labute approximate surface area is 109 Å². The molecule has 2 atom stereocenters. The summed E-state index contributed by atoms with van der Waals surface area (Å²) in [5.74, 6) is -0.278. The zero-order valence-electron chi connectivity index (χ0n) is 10.3. The first-order valence-corrected chi connectivity index (χ1v) is 6.23. The Bertz CT molecular complexity index is 399. The van der Waals surface area contributed by atoms with E-state index >= 15 is 0 Å². The minimum atomic E-state index is -4.69. The van der Waals surface area contributed by atoms with Crippen molar-refractivity contribution in [2.45, 2.75) is 37.8 Å². The lowest BCUT2D eigenvalue weighted by Crippen LogP contribution is -2.38. The normalized spacial score (nSPS) is 22.0. The number of benzene rings is 1. The highest BCUT2D eigenvalue weighted by atomic mass is 19.4. The second-order valence-corrected chi connectivity index (χ2v) is 4.62. The van der Waals surface area contributed by atoms with Crippen LogP contribution in [0.3, 0.4) is 0 Å². The molecule has 0 spiro atoms. The molecule has 0 amide bonds. The molecule has 2 N–H and O–H groups in total. The van der Waals surface area contributed by atoms with Gasteiger partial charge >= 0.3 is 6.36 Å². The molecule has 106 valence electrons. The summed E-state index contributed by atoms with van der Waals surface area (Å²) < 4.78 is 39.8. The summed E-state index contributed by atoms with van der Waals surface area (Å²) in [7, 11) is 0. The molecular weight excluding hydrogens is 259 g/mol. The number of nitrogens with one attached hydrogen (secondary N) is 1. The van der Waals surface area contributed by atoms with Gasteiger partial charge in [-0.1, -0.05) is 18.6 Å². The third-order valence-corrected chi connectivity index (χ3v) is 3.18. The Balaban J connectivity index is 2.01. The van der Waals surface area contributed by atoms with Gasteiger partial charge < -0.3 is 15.2 Å². The van der Waals surface area contributed by atoms with Crippen LogP contribution in [0.15, 0.2) is 24.3 Å². The molecule has 6 heteroatoms. The molecule has 3 nitrogen and oxygen atoms in total. The van der Waals surface area contributed by atoms with Gasteiger partial charge in [-0.15, -0.1) is 13.2 Å². The molecule has 1 aliphatic heterocycles. The summed E-state index contributed by atoms with van der Waals surface area (Å²) in [5.41, 5.74) is 0.592. The molecule has 1 heterocycles. The second-order valence-electron chi connectivity index (χ2n) is 4.62. The summed E-state index contributed by atoms with van der Waals surface area (Å²) in [6, 6.07) is 5.32. The zero-order valence-corrected chi connectivity index (χ0v) is 10.3. The standard InChI is InChI=1S/C13H16F3NO2/c14-13(15,16)19-10-6-4-9(5-7-10)12(18)11-3-1-2-8-17-11/h4-7,11-12,17-18H,1-3,8H2. The smallest absolute Gasteiger partial charge is 0.406 e. The van der Waals surface area contributed by atoms with Crippen molar-refractivity contribution in [1.29, 1.82) is 0 Å². The minimum Gasteiger partial charge on any atom is -0.406 e. The van der Waals surface area contributed by atoms with Crippen molar-refractivity contribution < 1.29 is 23.0 Å². The summed E-state index contributed by atoms with van der Waals surface area (Å²) in [4.78, 5) is 0. The summed E-state index contributed by atoms with van der Waals surface area (Å²) in [5, 5.41) is 13.4. The van der Waals surface area contributed by atoms with Crippen molar-refractivity contribution in [3.8, 4) is 5.75 Å². The molecule has 1 saturated heterocycles. The number of piperidine rings is 1. The van der Waals surface area contributed by atoms with Gasteiger partial charge in [0.2, 0.25) is 0 Å². The van der Waals surface area contributed by atoms with E-state index in [0.717, 1.165) is 25.8 Å². The van der Waals surface area contributed by atoms with Crippen LogP contribution in [0.25, 0.3) is 0 Å². The molecular formula is C13H16F3NO2. The number of ether oxygens (including phenoxy) is 1. The molecule has 0 aliphatic carbocycles. The lowest BCUT2D eigenvalue weighted by atomic mass is 9.95. The van der Waals surface area contributed by atoms with E-state index in [4.69, 9.17) is 0 Å². The fraction of sp³-hybridized carbons (Fsp3) is 0.538. The summed E-state index contributed by atoms with van der Waals surface area (Å²) >= 11 is 0. The van der Waals surface area contributed by atoms with Gasteiger partial charge in [0.15, 0.2) is 0 Å². The lowest BCUT2D eigenvalue weighted by molar-refractivity contribution is -0.274. The molecule has 1 fully saturated rings. The van der Waals surface area contributed by atoms with E-state index in [0.29, 0.717) is 5.56 Å². The number of halogens is 3. The van der Waals surface area contributed by atoms with Gasteiger partial charge in [-0.3, -0.25) is 0 Å². The van der Waals surface area contributed by atoms with Crippen molar-refractivity contribution in [2.75, 3.05) is 6.54 Å². The Morgan fingerprint density at radius 3 is 2.42 bits per heavy atom. The number of aliphatic hydroxyl groups excluding tert-OH is 1. The fourth-order valence-electron chi connectivity index (χ4n) is 2.25. The Morgan fingerprint density at radius 2 is 1.89 bits per heavy atom. The molecule has 2 rings (SSSR count). The fourth-order valence-corrected chi connectivity index (χ4v) is 2.25. The average Bonchev–Trinajstić information content (AvgIpc) is 2.38. The molecule has 0 saturated carbocycles. The first-order chi connectivity index (χ1) is 8.96. The van der Waals surface area contributed by atoms with Crippen molar-refractivity contribution >= 4 is 0 Å². The van der Waals surface area contributed by atoms with Crippen LogP contribution >= 0.6 is 0 Å². The van der Waals surface area contributed by atoms with Gasteiger partial charge in [-0.05, 0) is 37.1 Å². The van der Waals surface area contributed by atoms with Gasteiger partial charge in [0.1, 0.15) is 5.75 Å². The largest absolute Gasteiger partial charge is 0.573 e. The highest BCUT2D eigenvalue weighted by Crippen LogP contribution is 2.27. The van der Waals surface area contributed by atoms with Crippen molar-refractivity contribution in [2.24, 2.45) is 0 Å². The van der Waals surface area contributed by atoms with Crippen molar-refractivity contribution in [3.63, 3.8) is 0 Å². The van der Waals surface area contributed by atoms with Crippen LogP contribution in [0.1, 0.15) is 30.9 Å². The lowest BCUT2D eigenvalue weighted by Gasteiger charge is -2.28. The third kappa shape index (κ3) is 4.11. The van der Waals surface area contributed by atoms with Gasteiger partial charge in [0, 0.05) is 6.04 Å². The van der Waals surface area contributed by atoms with Crippen molar-refractivity contribution in [3.05, 3.63) is 29.8 Å². The monoisotopic (exact) mass is 275 g/mol. The summed E-state index contributed by atoms with van der Waals surface area (Å²) in [6.45, 7) is 0.858. The topological polar surface area (TPSA) is 41.5 Å². The predicted octanol–water partition coefficient (Wildman–Crippen LogP) is 2.76. The molecule has 1 aliphatic rings. The maximum absolute atomic E-state index is 12.0. The quantitative estimate of drug-likeness (QED) is 0.891. The highest BCUT2D eigenvalue weighted by Gasteiger charge is 2.31. The predicted molar refractivity (Wildman–Crippen MR) is 63.7 cm³/mol. The SMILES string of the molecule is OC(c1ccc(OC(F)(F)F)cc1)C1CCCCN1. The van der Waals surface area contributed by atoms with E-state index in [2.05, 4.69) is 10.1 Å². The van der Waals surface area contributed by atoms with E-state index in [-0.39, 0.29) is 11.8 Å². The van der Waals surface area contributed by atoms with Crippen molar-refractivity contribution in [1.82, 2.24) is 5.32 Å². The zero-order chi connectivity index (χ0) is 13.9. The number of alkyl halides is 3. The van der Waals surface area contributed by atoms with Crippen LogP contribution in [0.4, 0.5) is 13.2 Å². The van der Waals surface area contributed by atoms with E-state index in [1.54, 1.807) is 0 Å². The van der Waals surface area contributed by atoms with Crippen LogP contribution < -0.4 is 10.1 Å². The molecule has 0 bridgehead atoms. The number of hydrogen-bond acceptors (Lipinski definition) is 3.